The zero-order chi connectivity index (χ0) is 19.9. The van der Waals surface area contributed by atoms with Crippen molar-refractivity contribution in [1.82, 2.24) is 20.0 Å². The van der Waals surface area contributed by atoms with Crippen LogP contribution in [-0.4, -0.2) is 60.0 Å². The van der Waals surface area contributed by atoms with E-state index in [0.717, 1.165) is 50.5 Å². The predicted octanol–water partition coefficient (Wildman–Crippen LogP) is 2.99. The van der Waals surface area contributed by atoms with Gasteiger partial charge in [0.25, 0.3) is 5.91 Å². The number of nitrogens with zero attached hydrogens (tertiary/aromatic N) is 3. The van der Waals surface area contributed by atoms with E-state index >= 15 is 0 Å². The smallest absolute Gasteiger partial charge is 0.255 e. The van der Waals surface area contributed by atoms with Crippen LogP contribution in [0, 0.1) is 0 Å². The maximum absolute atomic E-state index is 12.9. The fourth-order valence-electron chi connectivity index (χ4n) is 3.49. The number of rotatable bonds is 7. The molecule has 3 aromatic rings. The van der Waals surface area contributed by atoms with Crippen molar-refractivity contribution in [1.29, 1.82) is 0 Å². The lowest BCUT2D eigenvalue weighted by Crippen LogP contribution is -2.38. The molecule has 2 heterocycles. The second-order valence-corrected chi connectivity index (χ2v) is 7.10. The molecule has 29 heavy (non-hydrogen) atoms. The van der Waals surface area contributed by atoms with Crippen LogP contribution in [0.5, 0.6) is 0 Å². The maximum Gasteiger partial charge on any atom is 0.255 e. The first-order valence-corrected chi connectivity index (χ1v) is 10.1. The summed E-state index contributed by atoms with van der Waals surface area (Å²) in [5.74, 6) is -0.0898. The summed E-state index contributed by atoms with van der Waals surface area (Å²) in [7, 11) is 0. The summed E-state index contributed by atoms with van der Waals surface area (Å²) >= 11 is 0. The molecule has 1 saturated heterocycles. The first kappa shape index (κ1) is 19.4. The predicted molar refractivity (Wildman–Crippen MR) is 113 cm³/mol. The van der Waals surface area contributed by atoms with Gasteiger partial charge in [-0.3, -0.25) is 9.69 Å². The number of benzene rings is 2. The summed E-state index contributed by atoms with van der Waals surface area (Å²) < 4.78 is 7.14. The van der Waals surface area contributed by atoms with Gasteiger partial charge in [0.15, 0.2) is 0 Å². The molecular weight excluding hydrogens is 364 g/mol. The normalized spacial score (nSPS) is 14.6. The maximum atomic E-state index is 12.9. The van der Waals surface area contributed by atoms with Gasteiger partial charge in [0.1, 0.15) is 5.69 Å². The third kappa shape index (κ3) is 4.91. The van der Waals surface area contributed by atoms with Gasteiger partial charge in [0.05, 0.1) is 24.5 Å². The fraction of sp³-hybridized carbons (Fsp3) is 0.304. The highest BCUT2D eigenvalue weighted by atomic mass is 16.5. The Kier molecular flexibility index (Phi) is 6.34. The summed E-state index contributed by atoms with van der Waals surface area (Å²) in [5, 5.41) is 7.77. The van der Waals surface area contributed by atoms with Crippen molar-refractivity contribution < 1.29 is 9.53 Å². The number of carbonyl (C=O) groups is 1. The van der Waals surface area contributed by atoms with Crippen LogP contribution in [0.3, 0.4) is 0 Å². The lowest BCUT2D eigenvalue weighted by molar-refractivity contribution is 0.0374. The molecule has 0 spiro atoms. The lowest BCUT2D eigenvalue weighted by atomic mass is 10.1. The van der Waals surface area contributed by atoms with Crippen LogP contribution in [0.15, 0.2) is 66.9 Å². The summed E-state index contributed by atoms with van der Waals surface area (Å²) in [6.07, 6.45) is 2.73. The van der Waals surface area contributed by atoms with E-state index in [0.29, 0.717) is 17.8 Å². The van der Waals surface area contributed by atoms with Crippen molar-refractivity contribution in [3.63, 3.8) is 0 Å². The molecule has 6 nitrogen and oxygen atoms in total. The van der Waals surface area contributed by atoms with Crippen LogP contribution in [-0.2, 0) is 4.74 Å². The molecule has 0 atom stereocenters. The van der Waals surface area contributed by atoms with Crippen molar-refractivity contribution in [2.45, 2.75) is 6.42 Å². The minimum absolute atomic E-state index is 0.0898. The number of morpholine rings is 1. The van der Waals surface area contributed by atoms with E-state index in [-0.39, 0.29) is 5.91 Å². The highest BCUT2D eigenvalue weighted by molar-refractivity contribution is 5.99. The lowest BCUT2D eigenvalue weighted by Gasteiger charge is -2.26. The van der Waals surface area contributed by atoms with E-state index < -0.39 is 0 Å². The van der Waals surface area contributed by atoms with Gasteiger partial charge in [-0.2, -0.15) is 5.10 Å². The Morgan fingerprint density at radius 3 is 2.41 bits per heavy atom. The van der Waals surface area contributed by atoms with Gasteiger partial charge < -0.3 is 10.1 Å². The zero-order valence-corrected chi connectivity index (χ0v) is 16.5. The number of hydrogen-bond donors (Lipinski definition) is 1. The van der Waals surface area contributed by atoms with Gasteiger partial charge in [-0.15, -0.1) is 0 Å². The number of amides is 1. The molecule has 1 aromatic heterocycles. The minimum Gasteiger partial charge on any atom is -0.379 e. The monoisotopic (exact) mass is 390 g/mol. The van der Waals surface area contributed by atoms with Crippen LogP contribution in [0.4, 0.5) is 0 Å². The van der Waals surface area contributed by atoms with Gasteiger partial charge in [0.2, 0.25) is 0 Å². The number of ether oxygens (including phenoxy) is 1. The number of nitrogens with one attached hydrogen (secondary N) is 1. The molecule has 0 unspecified atom stereocenters. The molecule has 1 amide bonds. The Morgan fingerprint density at radius 1 is 1.00 bits per heavy atom. The molecule has 0 radical (unpaired) electrons. The van der Waals surface area contributed by atoms with Crippen LogP contribution < -0.4 is 5.32 Å². The quantitative estimate of drug-likeness (QED) is 0.630. The summed E-state index contributed by atoms with van der Waals surface area (Å²) in [5.41, 5.74) is 3.14. The van der Waals surface area contributed by atoms with Crippen molar-refractivity contribution in [3.8, 4) is 16.9 Å². The molecule has 0 saturated carbocycles. The van der Waals surface area contributed by atoms with Crippen LogP contribution in [0.2, 0.25) is 0 Å². The Bertz CT molecular complexity index is 919. The zero-order valence-electron chi connectivity index (χ0n) is 16.5. The number of hydrogen-bond acceptors (Lipinski definition) is 4. The fourth-order valence-corrected chi connectivity index (χ4v) is 3.49. The number of carbonyl (C=O) groups excluding carboxylic acids is 1. The molecule has 4 rings (SSSR count). The highest BCUT2D eigenvalue weighted by Gasteiger charge is 2.18. The van der Waals surface area contributed by atoms with E-state index in [1.165, 1.54) is 0 Å². The third-order valence-electron chi connectivity index (χ3n) is 5.07. The van der Waals surface area contributed by atoms with Gasteiger partial charge in [0, 0.05) is 31.4 Å². The van der Waals surface area contributed by atoms with Crippen molar-refractivity contribution >= 4 is 5.91 Å². The second kappa shape index (κ2) is 9.49. The third-order valence-corrected chi connectivity index (χ3v) is 5.07. The van der Waals surface area contributed by atoms with E-state index in [1.807, 2.05) is 66.9 Å². The molecule has 0 aliphatic carbocycles. The topological polar surface area (TPSA) is 59.4 Å². The average molecular weight is 390 g/mol. The van der Waals surface area contributed by atoms with Crippen molar-refractivity contribution in [2.75, 3.05) is 39.4 Å². The molecule has 150 valence electrons. The first-order valence-electron chi connectivity index (χ1n) is 10.1. The van der Waals surface area contributed by atoms with E-state index in [1.54, 1.807) is 4.68 Å². The first-order chi connectivity index (χ1) is 14.3. The molecule has 0 bridgehead atoms. The Morgan fingerprint density at radius 2 is 1.69 bits per heavy atom. The molecule has 1 aliphatic heterocycles. The Balaban J connectivity index is 1.47. The summed E-state index contributed by atoms with van der Waals surface area (Å²) in [6, 6.07) is 19.7. The molecule has 2 aromatic carbocycles. The Labute approximate surface area is 171 Å². The molecule has 1 fully saturated rings. The van der Waals surface area contributed by atoms with Crippen molar-refractivity contribution in [3.05, 3.63) is 72.4 Å². The van der Waals surface area contributed by atoms with E-state index in [2.05, 4.69) is 10.2 Å². The molecular formula is C23H26N4O2. The largest absolute Gasteiger partial charge is 0.379 e. The number of para-hydroxylation sites is 1. The van der Waals surface area contributed by atoms with Gasteiger partial charge in [-0.05, 0) is 25.1 Å². The van der Waals surface area contributed by atoms with Crippen LogP contribution in [0.25, 0.3) is 16.9 Å². The average Bonchev–Trinajstić information content (AvgIpc) is 3.24. The molecule has 6 heteroatoms. The van der Waals surface area contributed by atoms with Gasteiger partial charge in [-0.1, -0.05) is 48.5 Å². The van der Waals surface area contributed by atoms with Crippen LogP contribution >= 0.6 is 0 Å². The van der Waals surface area contributed by atoms with E-state index in [4.69, 9.17) is 9.84 Å². The highest BCUT2D eigenvalue weighted by Crippen LogP contribution is 2.23. The van der Waals surface area contributed by atoms with Crippen LogP contribution in [0.1, 0.15) is 16.8 Å². The van der Waals surface area contributed by atoms with Gasteiger partial charge >= 0.3 is 0 Å². The second-order valence-electron chi connectivity index (χ2n) is 7.10. The molecule has 1 aliphatic rings. The molecule has 1 N–H and O–H groups in total. The van der Waals surface area contributed by atoms with Gasteiger partial charge in [-0.25, -0.2) is 4.68 Å². The SMILES string of the molecule is O=C(NCCCN1CCOCC1)c1cn(-c2ccccc2)nc1-c1ccccc1. The van der Waals surface area contributed by atoms with Crippen molar-refractivity contribution in [2.24, 2.45) is 0 Å². The summed E-state index contributed by atoms with van der Waals surface area (Å²) in [6.45, 7) is 5.14. The van der Waals surface area contributed by atoms with E-state index in [9.17, 15) is 4.79 Å². The Hall–Kier alpha value is -2.96. The summed E-state index contributed by atoms with van der Waals surface area (Å²) in [4.78, 5) is 15.3. The standard InChI is InChI=1S/C23H26N4O2/c28-23(24-12-7-13-26-14-16-29-17-15-26)21-18-27(20-10-5-2-6-11-20)25-22(21)19-8-3-1-4-9-19/h1-6,8-11,18H,7,12-17H2,(H,24,28). The number of aromatic nitrogens is 2. The minimum atomic E-state index is -0.0898.